The van der Waals surface area contributed by atoms with E-state index in [2.05, 4.69) is 24.9 Å². The summed E-state index contributed by atoms with van der Waals surface area (Å²) in [4.78, 5) is 11.2. The zero-order chi connectivity index (χ0) is 20.1. The van der Waals surface area contributed by atoms with Gasteiger partial charge in [0.05, 0.1) is 18.1 Å². The van der Waals surface area contributed by atoms with Crippen molar-refractivity contribution in [3.05, 3.63) is 40.7 Å². The fourth-order valence-corrected chi connectivity index (χ4v) is 4.46. The molecule has 1 aliphatic rings. The first-order chi connectivity index (χ1) is 13.4. The number of aromatic nitrogens is 2. The van der Waals surface area contributed by atoms with Crippen molar-refractivity contribution in [1.29, 1.82) is 0 Å². The average molecular weight is 426 g/mol. The van der Waals surface area contributed by atoms with Crippen molar-refractivity contribution < 1.29 is 13.2 Å². The molecule has 0 amide bonds. The van der Waals surface area contributed by atoms with Crippen molar-refractivity contribution in [3.63, 3.8) is 0 Å². The van der Waals surface area contributed by atoms with Gasteiger partial charge in [0.25, 0.3) is 0 Å². The first-order valence-electron chi connectivity index (χ1n) is 9.04. The monoisotopic (exact) mass is 425 g/mol. The van der Waals surface area contributed by atoms with Gasteiger partial charge in [-0.15, -0.1) is 0 Å². The second kappa shape index (κ2) is 9.04. The van der Waals surface area contributed by atoms with Gasteiger partial charge < -0.3 is 15.0 Å². The molecule has 0 radical (unpaired) electrons. The van der Waals surface area contributed by atoms with E-state index in [1.807, 2.05) is 13.0 Å². The maximum absolute atomic E-state index is 12.5. The quantitative estimate of drug-likeness (QED) is 0.654. The predicted octanol–water partition coefficient (Wildman–Crippen LogP) is 1.97. The number of halogens is 1. The third-order valence-corrected chi connectivity index (χ3v) is 6.41. The van der Waals surface area contributed by atoms with Crippen LogP contribution in [0.3, 0.4) is 0 Å². The van der Waals surface area contributed by atoms with E-state index >= 15 is 0 Å². The fraction of sp³-hybridized carbons (Fsp3) is 0.444. The Hall–Kier alpha value is -1.94. The molecule has 1 aromatic carbocycles. The van der Waals surface area contributed by atoms with E-state index in [0.717, 1.165) is 18.9 Å². The van der Waals surface area contributed by atoms with Gasteiger partial charge in [-0.2, -0.15) is 0 Å². The van der Waals surface area contributed by atoms with E-state index in [4.69, 9.17) is 16.3 Å². The molecular weight excluding hydrogens is 402 g/mol. The first kappa shape index (κ1) is 20.8. The molecular formula is C18H24ClN5O3S. The Morgan fingerprint density at radius 1 is 1.18 bits per heavy atom. The summed E-state index contributed by atoms with van der Waals surface area (Å²) in [5.74, 6) is 2.15. The minimum Gasteiger partial charge on any atom is -0.378 e. The number of nitrogens with one attached hydrogen (secondary N) is 2. The van der Waals surface area contributed by atoms with Gasteiger partial charge in [-0.05, 0) is 31.5 Å². The van der Waals surface area contributed by atoms with Crippen molar-refractivity contribution in [1.82, 2.24) is 14.7 Å². The maximum atomic E-state index is 12.5. The van der Waals surface area contributed by atoms with Gasteiger partial charge in [-0.25, -0.2) is 23.1 Å². The standard InChI is InChI=1S/C18H24ClN5O3S/c1-13-15(19)4-3-5-16(13)28(25,26)21-7-6-20-17-12-18(23-14(2)22-17)24-8-10-27-11-9-24/h3-5,12,21H,6-11H2,1-2H3,(H,20,22,23). The van der Waals surface area contributed by atoms with Crippen LogP contribution in [0.5, 0.6) is 0 Å². The number of ether oxygens (including phenoxy) is 1. The smallest absolute Gasteiger partial charge is 0.240 e. The van der Waals surface area contributed by atoms with Crippen molar-refractivity contribution in [2.24, 2.45) is 0 Å². The molecule has 2 heterocycles. The Labute approximate surface area is 170 Å². The summed E-state index contributed by atoms with van der Waals surface area (Å²) in [7, 11) is -3.63. The molecule has 0 bridgehead atoms. The molecule has 28 heavy (non-hydrogen) atoms. The van der Waals surface area contributed by atoms with Gasteiger partial charge in [0.2, 0.25) is 10.0 Å². The number of aryl methyl sites for hydroxylation is 1. The maximum Gasteiger partial charge on any atom is 0.240 e. The molecule has 0 aliphatic carbocycles. The highest BCUT2D eigenvalue weighted by molar-refractivity contribution is 7.89. The second-order valence-electron chi connectivity index (χ2n) is 6.45. The van der Waals surface area contributed by atoms with Crippen molar-refractivity contribution >= 4 is 33.3 Å². The van der Waals surface area contributed by atoms with Gasteiger partial charge in [-0.1, -0.05) is 17.7 Å². The summed E-state index contributed by atoms with van der Waals surface area (Å²) < 4.78 is 32.9. The lowest BCUT2D eigenvalue weighted by Gasteiger charge is -2.28. The molecule has 1 saturated heterocycles. The summed E-state index contributed by atoms with van der Waals surface area (Å²) in [6.07, 6.45) is 0. The van der Waals surface area contributed by atoms with Crippen LogP contribution in [0.15, 0.2) is 29.2 Å². The highest BCUT2D eigenvalue weighted by Gasteiger charge is 2.18. The Kier molecular flexibility index (Phi) is 6.71. The summed E-state index contributed by atoms with van der Waals surface area (Å²) in [6, 6.07) is 6.70. The third-order valence-electron chi connectivity index (χ3n) is 4.39. The van der Waals surface area contributed by atoms with E-state index in [1.54, 1.807) is 25.1 Å². The number of morpholine rings is 1. The first-order valence-corrected chi connectivity index (χ1v) is 10.9. The largest absolute Gasteiger partial charge is 0.378 e. The Morgan fingerprint density at radius 2 is 1.93 bits per heavy atom. The van der Waals surface area contributed by atoms with Crippen LogP contribution < -0.4 is 14.9 Å². The van der Waals surface area contributed by atoms with Gasteiger partial charge in [0, 0.05) is 37.3 Å². The number of rotatable bonds is 7. The molecule has 2 N–H and O–H groups in total. The number of sulfonamides is 1. The number of hydrogen-bond donors (Lipinski definition) is 2. The zero-order valence-electron chi connectivity index (χ0n) is 15.9. The van der Waals surface area contributed by atoms with Crippen molar-refractivity contribution in [3.8, 4) is 0 Å². The molecule has 3 rings (SSSR count). The average Bonchev–Trinajstić information content (AvgIpc) is 2.67. The minimum absolute atomic E-state index is 0.187. The van der Waals surface area contributed by atoms with E-state index < -0.39 is 10.0 Å². The molecule has 0 unspecified atom stereocenters. The topological polar surface area (TPSA) is 96.5 Å². The number of anilines is 2. The van der Waals surface area contributed by atoms with Crippen LogP contribution in [0.4, 0.5) is 11.6 Å². The van der Waals surface area contributed by atoms with Gasteiger partial charge in [0.1, 0.15) is 17.5 Å². The molecule has 2 aromatic rings. The SMILES string of the molecule is Cc1nc(NCCNS(=O)(=O)c2cccc(Cl)c2C)cc(N2CCOCC2)n1. The highest BCUT2D eigenvalue weighted by Crippen LogP contribution is 2.22. The van der Waals surface area contributed by atoms with Gasteiger partial charge in [-0.3, -0.25) is 0 Å². The summed E-state index contributed by atoms with van der Waals surface area (Å²) in [5, 5.41) is 3.58. The van der Waals surface area contributed by atoms with Crippen LogP contribution >= 0.6 is 11.6 Å². The van der Waals surface area contributed by atoms with Crippen LogP contribution in [-0.4, -0.2) is 57.8 Å². The number of benzene rings is 1. The summed E-state index contributed by atoms with van der Waals surface area (Å²) >= 11 is 6.02. The number of nitrogens with zero attached hydrogens (tertiary/aromatic N) is 3. The van der Waals surface area contributed by atoms with E-state index in [1.165, 1.54) is 0 Å². The summed E-state index contributed by atoms with van der Waals surface area (Å²) in [5.41, 5.74) is 0.534. The van der Waals surface area contributed by atoms with Crippen LogP contribution in [0.1, 0.15) is 11.4 Å². The molecule has 0 spiro atoms. The molecule has 0 atom stereocenters. The van der Waals surface area contributed by atoms with Crippen LogP contribution in [0.2, 0.25) is 5.02 Å². The lowest BCUT2D eigenvalue weighted by Crippen LogP contribution is -2.37. The fourth-order valence-electron chi connectivity index (χ4n) is 2.93. The Balaban J connectivity index is 1.59. The Morgan fingerprint density at radius 3 is 2.68 bits per heavy atom. The zero-order valence-corrected chi connectivity index (χ0v) is 17.5. The van der Waals surface area contributed by atoms with Crippen molar-refractivity contribution in [2.45, 2.75) is 18.7 Å². The number of hydrogen-bond acceptors (Lipinski definition) is 7. The molecule has 152 valence electrons. The lowest BCUT2D eigenvalue weighted by atomic mass is 10.2. The van der Waals surface area contributed by atoms with Gasteiger partial charge >= 0.3 is 0 Å². The molecule has 1 aromatic heterocycles. The van der Waals surface area contributed by atoms with E-state index in [9.17, 15) is 8.42 Å². The molecule has 1 fully saturated rings. The lowest BCUT2D eigenvalue weighted by molar-refractivity contribution is 0.122. The third kappa shape index (κ3) is 5.11. The normalized spacial score (nSPS) is 14.9. The second-order valence-corrected chi connectivity index (χ2v) is 8.59. The molecule has 8 nitrogen and oxygen atoms in total. The molecule has 0 saturated carbocycles. The predicted molar refractivity (Wildman–Crippen MR) is 110 cm³/mol. The highest BCUT2D eigenvalue weighted by atomic mass is 35.5. The van der Waals surface area contributed by atoms with E-state index in [0.29, 0.717) is 42.0 Å². The van der Waals surface area contributed by atoms with Crippen LogP contribution in [0, 0.1) is 13.8 Å². The molecule has 1 aliphatic heterocycles. The Bertz CT molecular complexity index is 933. The molecule has 10 heteroatoms. The van der Waals surface area contributed by atoms with Crippen LogP contribution in [0.25, 0.3) is 0 Å². The summed E-state index contributed by atoms with van der Waals surface area (Å²) in [6.45, 7) is 7.05. The minimum atomic E-state index is -3.63. The van der Waals surface area contributed by atoms with E-state index in [-0.39, 0.29) is 11.4 Å². The van der Waals surface area contributed by atoms with Crippen LogP contribution in [-0.2, 0) is 14.8 Å². The van der Waals surface area contributed by atoms with Gasteiger partial charge in [0.15, 0.2) is 0 Å². The van der Waals surface area contributed by atoms with Crippen molar-refractivity contribution in [2.75, 3.05) is 49.6 Å².